The molecule has 0 saturated carbocycles. The highest BCUT2D eigenvalue weighted by molar-refractivity contribution is 6.05. The van der Waals surface area contributed by atoms with Gasteiger partial charge < -0.3 is 14.4 Å². The van der Waals surface area contributed by atoms with E-state index in [1.807, 2.05) is 83.8 Å². The molecule has 0 spiro atoms. The van der Waals surface area contributed by atoms with E-state index in [2.05, 4.69) is 17.1 Å². The molecule has 1 amide bonds. The van der Waals surface area contributed by atoms with Crippen LogP contribution in [-0.2, 0) is 11.3 Å². The summed E-state index contributed by atoms with van der Waals surface area (Å²) in [7, 11) is 0. The molecule has 5 aromatic rings. The smallest absolute Gasteiger partial charge is 0.254 e. The number of fused-ring (bicyclic) bond motifs is 1. The van der Waals surface area contributed by atoms with Crippen LogP contribution in [0.4, 0.5) is 0 Å². The Bertz CT molecular complexity index is 1560. The number of carbonyl (C=O) groups excluding carboxylic acids is 1. The zero-order valence-electron chi connectivity index (χ0n) is 20.9. The molecule has 3 heterocycles. The quantitative estimate of drug-likeness (QED) is 0.285. The Morgan fingerprint density at radius 3 is 2.42 bits per heavy atom. The van der Waals surface area contributed by atoms with Crippen molar-refractivity contribution in [2.24, 2.45) is 0 Å². The Morgan fingerprint density at radius 1 is 0.816 bits per heavy atom. The van der Waals surface area contributed by atoms with Gasteiger partial charge in [-0.15, -0.1) is 0 Å². The molecule has 0 aliphatic carbocycles. The van der Waals surface area contributed by atoms with Gasteiger partial charge in [0.2, 0.25) is 0 Å². The maximum atomic E-state index is 13.6. The van der Waals surface area contributed by atoms with Crippen LogP contribution in [0.3, 0.4) is 0 Å². The lowest BCUT2D eigenvalue weighted by molar-refractivity contribution is 0.0303. The first-order valence-electron chi connectivity index (χ1n) is 12.7. The van der Waals surface area contributed by atoms with E-state index in [9.17, 15) is 4.79 Å². The minimum atomic E-state index is 0.0157. The van der Waals surface area contributed by atoms with Crippen molar-refractivity contribution in [1.29, 1.82) is 0 Å². The number of amides is 1. The van der Waals surface area contributed by atoms with Gasteiger partial charge in [-0.1, -0.05) is 48.5 Å². The van der Waals surface area contributed by atoms with Crippen molar-refractivity contribution < 1.29 is 14.3 Å². The molecule has 1 aliphatic rings. The van der Waals surface area contributed by atoms with Crippen LogP contribution in [0.1, 0.15) is 16.1 Å². The summed E-state index contributed by atoms with van der Waals surface area (Å²) in [6.45, 7) is 2.67. The van der Waals surface area contributed by atoms with Crippen LogP contribution in [0.5, 0.6) is 5.75 Å². The van der Waals surface area contributed by atoms with Gasteiger partial charge in [-0.05, 0) is 59.2 Å². The first-order valence-corrected chi connectivity index (χ1v) is 12.7. The summed E-state index contributed by atoms with van der Waals surface area (Å²) in [6.07, 6.45) is 3.54. The van der Waals surface area contributed by atoms with E-state index in [1.165, 1.54) is 0 Å². The van der Waals surface area contributed by atoms with E-state index in [4.69, 9.17) is 14.5 Å². The fourth-order valence-electron chi connectivity index (χ4n) is 4.81. The third-order valence-corrected chi connectivity index (χ3v) is 6.77. The number of ether oxygens (including phenoxy) is 2. The summed E-state index contributed by atoms with van der Waals surface area (Å²) in [5, 5.41) is 1.11. The number of para-hydroxylation sites is 1. The number of carbonyl (C=O) groups is 1. The van der Waals surface area contributed by atoms with E-state index < -0.39 is 0 Å². The Kier molecular flexibility index (Phi) is 6.79. The summed E-state index contributed by atoms with van der Waals surface area (Å²) >= 11 is 0. The molecule has 1 saturated heterocycles. The van der Waals surface area contributed by atoms with Gasteiger partial charge in [0.1, 0.15) is 12.4 Å². The molecule has 0 unspecified atom stereocenters. The summed E-state index contributed by atoms with van der Waals surface area (Å²) in [6, 6.07) is 29.9. The number of hydrogen-bond donors (Lipinski definition) is 0. The van der Waals surface area contributed by atoms with Crippen molar-refractivity contribution >= 4 is 16.8 Å². The van der Waals surface area contributed by atoms with Crippen molar-refractivity contribution in [3.8, 4) is 28.0 Å². The zero-order valence-corrected chi connectivity index (χ0v) is 20.9. The molecule has 0 bridgehead atoms. The number of hydrogen-bond acceptors (Lipinski definition) is 5. The van der Waals surface area contributed by atoms with Gasteiger partial charge in [0.15, 0.2) is 0 Å². The molecule has 0 N–H and O–H groups in total. The van der Waals surface area contributed by atoms with Crippen LogP contribution < -0.4 is 4.74 Å². The largest absolute Gasteiger partial charge is 0.487 e. The predicted octanol–water partition coefficient (Wildman–Crippen LogP) is 6.02. The van der Waals surface area contributed by atoms with E-state index in [1.54, 1.807) is 12.4 Å². The molecule has 6 nitrogen and oxygen atoms in total. The van der Waals surface area contributed by atoms with Gasteiger partial charge in [0.25, 0.3) is 5.91 Å². The van der Waals surface area contributed by atoms with Gasteiger partial charge in [-0.2, -0.15) is 0 Å². The van der Waals surface area contributed by atoms with Gasteiger partial charge in [0.05, 0.1) is 24.4 Å². The summed E-state index contributed by atoms with van der Waals surface area (Å²) in [5.74, 6) is 0.757. The minimum Gasteiger partial charge on any atom is -0.487 e. The molecule has 6 heteroatoms. The Hall–Kier alpha value is -4.55. The monoisotopic (exact) mass is 501 g/mol. The number of rotatable bonds is 6. The number of pyridine rings is 2. The van der Waals surface area contributed by atoms with Crippen LogP contribution in [-0.4, -0.2) is 47.1 Å². The first kappa shape index (κ1) is 23.8. The van der Waals surface area contributed by atoms with E-state index in [0.29, 0.717) is 38.5 Å². The second-order valence-corrected chi connectivity index (χ2v) is 9.18. The maximum Gasteiger partial charge on any atom is 0.254 e. The van der Waals surface area contributed by atoms with Crippen LogP contribution in [0.15, 0.2) is 103 Å². The van der Waals surface area contributed by atoms with Crippen molar-refractivity contribution in [1.82, 2.24) is 14.9 Å². The Morgan fingerprint density at radius 2 is 1.61 bits per heavy atom. The molecule has 0 atom stereocenters. The van der Waals surface area contributed by atoms with Crippen LogP contribution in [0, 0.1) is 0 Å². The summed E-state index contributed by atoms with van der Waals surface area (Å²) in [5.41, 5.74) is 6.34. The highest BCUT2D eigenvalue weighted by Gasteiger charge is 2.23. The molecular weight excluding hydrogens is 474 g/mol. The predicted molar refractivity (Wildman–Crippen MR) is 148 cm³/mol. The fraction of sp³-hybridized carbons (Fsp3) is 0.156. The van der Waals surface area contributed by atoms with E-state index >= 15 is 0 Å². The van der Waals surface area contributed by atoms with Crippen molar-refractivity contribution in [2.75, 3.05) is 26.3 Å². The second kappa shape index (κ2) is 10.8. The van der Waals surface area contributed by atoms with Gasteiger partial charge in [-0.3, -0.25) is 9.78 Å². The van der Waals surface area contributed by atoms with E-state index in [0.717, 1.165) is 44.6 Å². The zero-order chi connectivity index (χ0) is 25.7. The second-order valence-electron chi connectivity index (χ2n) is 9.18. The number of benzene rings is 3. The van der Waals surface area contributed by atoms with Crippen molar-refractivity contribution in [3.05, 3.63) is 115 Å². The van der Waals surface area contributed by atoms with Crippen molar-refractivity contribution in [3.63, 3.8) is 0 Å². The topological polar surface area (TPSA) is 64.5 Å². The fourth-order valence-corrected chi connectivity index (χ4v) is 4.81. The third-order valence-electron chi connectivity index (χ3n) is 6.77. The number of nitrogens with zero attached hydrogens (tertiary/aromatic N) is 3. The number of aromatic nitrogens is 2. The number of morpholine rings is 1. The SMILES string of the molecule is O=C(c1cccc(-c2ccncc2)c1-c1ccc(OCc2ccc3ccccc3n2)cc1)N1CCOCC1. The molecular formula is C32H27N3O3. The minimum absolute atomic E-state index is 0.0157. The average molecular weight is 502 g/mol. The Balaban J connectivity index is 1.30. The standard InChI is InChI=1S/C32H27N3O3/c36-32(35-18-20-37-21-19-35)29-6-3-5-28(23-14-16-33-17-15-23)31(29)25-9-12-27(13-10-25)38-22-26-11-8-24-4-1-2-7-30(24)34-26/h1-17H,18-22H2. The average Bonchev–Trinajstić information content (AvgIpc) is 3.00. The summed E-state index contributed by atoms with van der Waals surface area (Å²) < 4.78 is 11.5. The van der Waals surface area contributed by atoms with Crippen LogP contribution in [0.2, 0.25) is 0 Å². The first-order chi connectivity index (χ1) is 18.8. The molecule has 6 rings (SSSR count). The maximum absolute atomic E-state index is 13.6. The van der Waals surface area contributed by atoms with Gasteiger partial charge in [0, 0.05) is 42.0 Å². The molecule has 188 valence electrons. The normalized spacial score (nSPS) is 13.4. The van der Waals surface area contributed by atoms with Crippen molar-refractivity contribution in [2.45, 2.75) is 6.61 Å². The molecule has 1 aliphatic heterocycles. The lowest BCUT2D eigenvalue weighted by Crippen LogP contribution is -2.40. The molecule has 3 aromatic carbocycles. The highest BCUT2D eigenvalue weighted by atomic mass is 16.5. The summed E-state index contributed by atoms with van der Waals surface area (Å²) in [4.78, 5) is 24.4. The van der Waals surface area contributed by atoms with Crippen LogP contribution in [0.25, 0.3) is 33.2 Å². The molecule has 1 fully saturated rings. The Labute approximate surface area is 221 Å². The third kappa shape index (κ3) is 4.99. The van der Waals surface area contributed by atoms with E-state index in [-0.39, 0.29) is 5.91 Å². The lowest BCUT2D eigenvalue weighted by atomic mass is 9.90. The lowest BCUT2D eigenvalue weighted by Gasteiger charge is -2.28. The molecule has 0 radical (unpaired) electrons. The molecule has 2 aromatic heterocycles. The molecule has 38 heavy (non-hydrogen) atoms. The highest BCUT2D eigenvalue weighted by Crippen LogP contribution is 2.36. The van der Waals surface area contributed by atoms with Gasteiger partial charge >= 0.3 is 0 Å². The van der Waals surface area contributed by atoms with Crippen LogP contribution >= 0.6 is 0 Å². The van der Waals surface area contributed by atoms with Gasteiger partial charge in [-0.25, -0.2) is 4.98 Å².